The Labute approximate surface area is 159 Å². The molecule has 0 spiro atoms. The summed E-state index contributed by atoms with van der Waals surface area (Å²) in [5.74, 6) is 2.81. The van der Waals surface area contributed by atoms with Crippen molar-refractivity contribution >= 4 is 20.6 Å². The number of thioether (sulfide) groups is 1. The summed E-state index contributed by atoms with van der Waals surface area (Å²) >= 11 is 2.00. The van der Waals surface area contributed by atoms with Gasteiger partial charge in [-0.05, 0) is 29.4 Å². The minimum atomic E-state index is -2.40. The molecule has 0 N–H and O–H groups in total. The molecule has 0 heterocycles. The zero-order valence-corrected chi connectivity index (χ0v) is 18.8. The molecule has 0 saturated carbocycles. The fourth-order valence-corrected chi connectivity index (χ4v) is 5.84. The van der Waals surface area contributed by atoms with Crippen molar-refractivity contribution in [2.24, 2.45) is 0 Å². The smallest absolute Gasteiger partial charge is 0.377 e. The van der Waals surface area contributed by atoms with Gasteiger partial charge in [0, 0.05) is 32.9 Å². The van der Waals surface area contributed by atoms with Crippen LogP contribution in [0.15, 0.2) is 24.3 Å². The lowest BCUT2D eigenvalue weighted by Gasteiger charge is -2.24. The van der Waals surface area contributed by atoms with Crippen LogP contribution in [-0.4, -0.2) is 67.3 Å². The van der Waals surface area contributed by atoms with Gasteiger partial charge in [-0.1, -0.05) is 31.2 Å². The second kappa shape index (κ2) is 10.7. The lowest BCUT2D eigenvalue weighted by atomic mass is 10.0. The van der Waals surface area contributed by atoms with Crippen LogP contribution in [0.1, 0.15) is 30.4 Å². The third-order valence-corrected chi connectivity index (χ3v) is 8.42. The van der Waals surface area contributed by atoms with Crippen molar-refractivity contribution < 1.29 is 17.8 Å². The van der Waals surface area contributed by atoms with Crippen molar-refractivity contribution in [1.29, 1.82) is 0 Å². The highest BCUT2D eigenvalue weighted by molar-refractivity contribution is 7.99. The Balaban J connectivity index is 2.36. The monoisotopic (exact) mass is 386 g/mol. The molecule has 4 nitrogen and oxygen atoms in total. The minimum Gasteiger partial charge on any atom is -0.377 e. The Hall–Kier alpha value is -0.373. The maximum Gasteiger partial charge on any atom is 0.500 e. The quantitative estimate of drug-likeness (QED) is 0.308. The maximum absolute atomic E-state index is 5.46. The molecule has 0 bridgehead atoms. The summed E-state index contributed by atoms with van der Waals surface area (Å²) < 4.78 is 17.3. The van der Waals surface area contributed by atoms with Crippen molar-refractivity contribution in [2.45, 2.75) is 31.9 Å². The van der Waals surface area contributed by atoms with Gasteiger partial charge in [0.1, 0.15) is 6.54 Å². The molecule has 25 heavy (non-hydrogen) atoms. The van der Waals surface area contributed by atoms with E-state index in [-0.39, 0.29) is 0 Å². The Bertz CT molecular complexity index is 478. The molecule has 1 unspecified atom stereocenters. The molecule has 0 fully saturated rings. The van der Waals surface area contributed by atoms with Gasteiger partial charge in [0.25, 0.3) is 0 Å². The first-order chi connectivity index (χ1) is 11.7. The van der Waals surface area contributed by atoms with Gasteiger partial charge >= 0.3 is 8.80 Å². The second-order valence-corrected chi connectivity index (χ2v) is 11.8. The highest BCUT2D eigenvalue weighted by Crippen LogP contribution is 2.23. The molecule has 6 heteroatoms. The van der Waals surface area contributed by atoms with Crippen LogP contribution >= 0.6 is 11.8 Å². The molecule has 0 aromatic heterocycles. The Morgan fingerprint density at radius 1 is 1.00 bits per heavy atom. The van der Waals surface area contributed by atoms with Crippen molar-refractivity contribution in [3.8, 4) is 0 Å². The van der Waals surface area contributed by atoms with Gasteiger partial charge < -0.3 is 17.8 Å². The minimum absolute atomic E-state index is 0.567. The molecular weight excluding hydrogens is 350 g/mol. The lowest BCUT2D eigenvalue weighted by Crippen LogP contribution is -2.42. The lowest BCUT2D eigenvalue weighted by molar-refractivity contribution is -0.884. The van der Waals surface area contributed by atoms with Crippen LogP contribution in [0.25, 0.3) is 0 Å². The van der Waals surface area contributed by atoms with E-state index >= 15 is 0 Å². The Morgan fingerprint density at radius 2 is 1.56 bits per heavy atom. The Morgan fingerprint density at radius 3 is 2.04 bits per heavy atom. The zero-order valence-electron chi connectivity index (χ0n) is 17.0. The van der Waals surface area contributed by atoms with Crippen LogP contribution in [0.4, 0.5) is 0 Å². The Kier molecular flexibility index (Phi) is 9.70. The number of nitrogens with zero attached hydrogens (tertiary/aromatic N) is 1. The molecule has 0 amide bonds. The average Bonchev–Trinajstić information content (AvgIpc) is 2.58. The number of benzene rings is 1. The van der Waals surface area contributed by atoms with E-state index in [4.69, 9.17) is 13.3 Å². The first-order valence-corrected chi connectivity index (χ1v) is 12.0. The van der Waals surface area contributed by atoms with E-state index in [2.05, 4.69) is 52.3 Å². The van der Waals surface area contributed by atoms with Crippen LogP contribution < -0.4 is 0 Å². The predicted octanol–water partition coefficient (Wildman–Crippen LogP) is 4.00. The highest BCUT2D eigenvalue weighted by atomic mass is 32.2. The molecule has 144 valence electrons. The summed E-state index contributed by atoms with van der Waals surface area (Å²) in [5, 5.41) is 0. The number of rotatable bonds is 12. The zero-order chi connectivity index (χ0) is 18.9. The standard InChI is InChI=1S/C19H36NO3SSi/c1-17(16-24-13-8-14-25(21-5,22-6)23-7)19-11-9-18(10-12-19)15-20(2,3)4/h9-12,17H,8,13-16H2,1-7H3/q+1. The molecule has 0 aliphatic heterocycles. The SMILES string of the molecule is CO[Si](CCCSCC(C)c1ccc(C[N+](C)(C)C)cc1)(OC)OC. The van der Waals surface area contributed by atoms with Crippen LogP contribution in [0, 0.1) is 0 Å². The summed E-state index contributed by atoms with van der Waals surface area (Å²) in [4.78, 5) is 0. The van der Waals surface area contributed by atoms with E-state index < -0.39 is 8.80 Å². The van der Waals surface area contributed by atoms with Gasteiger partial charge in [0.2, 0.25) is 0 Å². The van der Waals surface area contributed by atoms with Gasteiger partial charge in [-0.3, -0.25) is 0 Å². The van der Waals surface area contributed by atoms with Crippen molar-refractivity contribution in [2.75, 3.05) is 54.0 Å². The van der Waals surface area contributed by atoms with Crippen LogP contribution in [-0.2, 0) is 19.8 Å². The third kappa shape index (κ3) is 8.24. The van der Waals surface area contributed by atoms with E-state index in [1.165, 1.54) is 11.1 Å². The maximum atomic E-state index is 5.46. The molecule has 0 radical (unpaired) electrons. The average molecular weight is 387 g/mol. The summed E-state index contributed by atoms with van der Waals surface area (Å²) in [5.41, 5.74) is 2.82. The third-order valence-electron chi connectivity index (χ3n) is 4.28. The first kappa shape index (κ1) is 22.7. The molecule has 0 aliphatic rings. The largest absolute Gasteiger partial charge is 0.500 e. The first-order valence-electron chi connectivity index (χ1n) is 8.88. The predicted molar refractivity (Wildman–Crippen MR) is 110 cm³/mol. The van der Waals surface area contributed by atoms with E-state index in [0.29, 0.717) is 5.92 Å². The van der Waals surface area contributed by atoms with Crippen molar-refractivity contribution in [3.05, 3.63) is 35.4 Å². The van der Waals surface area contributed by atoms with E-state index in [1.54, 1.807) is 21.3 Å². The normalized spacial score (nSPS) is 13.9. The molecule has 1 aromatic carbocycles. The van der Waals surface area contributed by atoms with Gasteiger partial charge in [0.15, 0.2) is 0 Å². The van der Waals surface area contributed by atoms with Gasteiger partial charge in [-0.15, -0.1) is 0 Å². The summed E-state index contributed by atoms with van der Waals surface area (Å²) in [6, 6.07) is 9.99. The summed E-state index contributed by atoms with van der Waals surface area (Å²) in [7, 11) is 9.30. The van der Waals surface area contributed by atoms with E-state index in [1.807, 2.05) is 11.8 Å². The molecule has 1 aromatic rings. The van der Waals surface area contributed by atoms with Crippen LogP contribution in [0.3, 0.4) is 0 Å². The fourth-order valence-electron chi connectivity index (χ4n) is 2.80. The molecule has 1 atom stereocenters. The summed E-state index contributed by atoms with van der Waals surface area (Å²) in [6.45, 7) is 3.37. The molecule has 1 rings (SSSR count). The molecule has 0 saturated heterocycles. The fraction of sp³-hybridized carbons (Fsp3) is 0.684. The van der Waals surface area contributed by atoms with Gasteiger partial charge in [0.05, 0.1) is 21.1 Å². The molecular formula is C19H36NO3SSi+. The van der Waals surface area contributed by atoms with Crippen molar-refractivity contribution in [3.63, 3.8) is 0 Å². The second-order valence-electron chi connectivity index (χ2n) is 7.56. The number of quaternary nitrogens is 1. The number of hydrogen-bond donors (Lipinski definition) is 0. The van der Waals surface area contributed by atoms with Crippen LogP contribution in [0.5, 0.6) is 0 Å². The molecule has 0 aliphatic carbocycles. The highest BCUT2D eigenvalue weighted by Gasteiger charge is 2.36. The topological polar surface area (TPSA) is 27.7 Å². The number of hydrogen-bond acceptors (Lipinski definition) is 4. The van der Waals surface area contributed by atoms with E-state index in [9.17, 15) is 0 Å². The van der Waals surface area contributed by atoms with E-state index in [0.717, 1.165) is 35.0 Å². The van der Waals surface area contributed by atoms with Crippen LogP contribution in [0.2, 0.25) is 6.04 Å². The summed E-state index contributed by atoms with van der Waals surface area (Å²) in [6.07, 6.45) is 1.06. The van der Waals surface area contributed by atoms with Gasteiger partial charge in [-0.2, -0.15) is 11.8 Å². The van der Waals surface area contributed by atoms with Gasteiger partial charge in [-0.25, -0.2) is 0 Å². The van der Waals surface area contributed by atoms with Crippen molar-refractivity contribution in [1.82, 2.24) is 0 Å².